The average molecular weight is 877 g/mol. The van der Waals surface area contributed by atoms with Gasteiger partial charge in [-0.3, -0.25) is 59.9 Å². The van der Waals surface area contributed by atoms with E-state index in [0.29, 0.717) is 39.3 Å². The highest BCUT2D eigenvalue weighted by molar-refractivity contribution is 5.95. The molecule has 0 fully saturated rings. The van der Waals surface area contributed by atoms with Crippen molar-refractivity contribution in [3.63, 3.8) is 0 Å². The van der Waals surface area contributed by atoms with E-state index < -0.39 is 0 Å². The Morgan fingerprint density at radius 3 is 0.470 bits per heavy atom. The fraction of sp³-hybridized carbons (Fsp3) is 0.333. The second-order valence-electron chi connectivity index (χ2n) is 17.5. The maximum Gasteiger partial charge on any atom is 0.0666 e. The van der Waals surface area contributed by atoms with E-state index in [2.05, 4.69) is 114 Å². The summed E-state index contributed by atoms with van der Waals surface area (Å²) in [6.07, 6.45) is 22.9. The molecule has 0 N–H and O–H groups in total. The number of benzene rings is 4. The second kappa shape index (κ2) is 23.7. The molecule has 6 unspecified atom stereocenters. The number of rotatable bonds is 0. The third-order valence-electron chi connectivity index (χ3n) is 10.5. The summed E-state index contributed by atoms with van der Waals surface area (Å²) in [5, 5.41) is 0. The first-order valence-corrected chi connectivity index (χ1v) is 22.9. The number of hydrogen-bond acceptors (Lipinski definition) is 12. The van der Waals surface area contributed by atoms with Crippen LogP contribution in [0.4, 0.5) is 0 Å². The van der Waals surface area contributed by atoms with Crippen molar-refractivity contribution in [1.82, 2.24) is 0 Å². The smallest absolute Gasteiger partial charge is 0.0666 e. The highest BCUT2D eigenvalue weighted by Crippen LogP contribution is 2.13. The summed E-state index contributed by atoms with van der Waals surface area (Å²) in [6.45, 7) is 15.5. The first kappa shape index (κ1) is 46.9. The molecule has 12 heteroatoms. The van der Waals surface area contributed by atoms with Crippen LogP contribution in [0.2, 0.25) is 0 Å². The van der Waals surface area contributed by atoms with Gasteiger partial charge < -0.3 is 0 Å². The van der Waals surface area contributed by atoms with Gasteiger partial charge in [-0.25, -0.2) is 0 Å². The minimum atomic E-state index is -0.0618. The van der Waals surface area contributed by atoms with E-state index in [4.69, 9.17) is 59.9 Å². The minimum Gasteiger partial charge on any atom is -0.290 e. The molecule has 0 saturated heterocycles. The highest BCUT2D eigenvalue weighted by Gasteiger charge is 2.07. The lowest BCUT2D eigenvalue weighted by molar-refractivity contribution is 0.761. The summed E-state index contributed by atoms with van der Waals surface area (Å²) >= 11 is 0. The van der Waals surface area contributed by atoms with Gasteiger partial charge in [0.2, 0.25) is 0 Å². The van der Waals surface area contributed by atoms with Gasteiger partial charge in [0, 0.05) is 74.6 Å². The average Bonchev–Trinajstić information content (AvgIpc) is 3.29. The maximum atomic E-state index is 4.91. The van der Waals surface area contributed by atoms with Crippen LogP contribution in [0, 0.1) is 0 Å². The SMILES string of the molecule is CC1CN=Cc2cc3cc(c2)C=NCC(C)N=Cc2cc4cc(c2)C=NC(C)CN=Cc2cc(cc(c2)C=NC(C)CN=Cc2cc(cc(c2)C=N1)C=NCC(C)N=C4)C=NC(C)CN=C3. The molecule has 4 aromatic rings. The summed E-state index contributed by atoms with van der Waals surface area (Å²) in [5.41, 5.74) is 11.4. The van der Waals surface area contributed by atoms with Gasteiger partial charge in [0.25, 0.3) is 0 Å². The van der Waals surface area contributed by atoms with Gasteiger partial charge in [0.1, 0.15) is 0 Å². The number of fused-ring (bicyclic) bond motifs is 18. The van der Waals surface area contributed by atoms with E-state index in [1.54, 1.807) is 0 Å². The van der Waals surface area contributed by atoms with Crippen LogP contribution in [0.1, 0.15) is 108 Å². The van der Waals surface area contributed by atoms with E-state index in [-0.39, 0.29) is 36.3 Å². The summed E-state index contributed by atoms with van der Waals surface area (Å²) in [5.74, 6) is 0. The topological polar surface area (TPSA) is 148 Å². The lowest BCUT2D eigenvalue weighted by Crippen LogP contribution is -2.06. The van der Waals surface area contributed by atoms with Crippen molar-refractivity contribution in [2.24, 2.45) is 59.9 Å². The summed E-state index contributed by atoms with van der Waals surface area (Å²) < 4.78 is 0. The van der Waals surface area contributed by atoms with Crippen LogP contribution < -0.4 is 0 Å². The molecule has 0 amide bonds. The van der Waals surface area contributed by atoms with Crippen molar-refractivity contribution < 1.29 is 0 Å². The Morgan fingerprint density at radius 1 is 0.212 bits per heavy atom. The third-order valence-corrected chi connectivity index (χ3v) is 10.5. The molecule has 6 atom stereocenters. The fourth-order valence-electron chi connectivity index (χ4n) is 7.13. The Balaban J connectivity index is 1.39. The molecule has 4 aliphatic rings. The van der Waals surface area contributed by atoms with Crippen molar-refractivity contribution in [2.75, 3.05) is 39.3 Å². The monoisotopic (exact) mass is 877 g/mol. The molecular formula is C54H60N12. The number of aliphatic imine (C=N–C) groups is 12. The van der Waals surface area contributed by atoms with Gasteiger partial charge in [0.15, 0.2) is 0 Å². The summed E-state index contributed by atoms with van der Waals surface area (Å²) in [4.78, 5) is 58.4. The summed E-state index contributed by atoms with van der Waals surface area (Å²) in [7, 11) is 0. The molecule has 8 rings (SSSR count). The molecule has 4 aliphatic heterocycles. The fourth-order valence-corrected chi connectivity index (χ4v) is 7.13. The van der Waals surface area contributed by atoms with Crippen LogP contribution in [0.5, 0.6) is 0 Å². The zero-order valence-electron chi connectivity index (χ0n) is 38.9. The normalized spacial score (nSPS) is 22.8. The quantitative estimate of drug-likeness (QED) is 0.168. The molecule has 0 aromatic heterocycles. The second-order valence-corrected chi connectivity index (χ2v) is 17.5. The van der Waals surface area contributed by atoms with E-state index >= 15 is 0 Å². The molecule has 4 aromatic carbocycles. The van der Waals surface area contributed by atoms with Gasteiger partial charge in [-0.2, -0.15) is 0 Å². The van der Waals surface area contributed by atoms with Gasteiger partial charge in [-0.05, 0) is 181 Å². The lowest BCUT2D eigenvalue weighted by Gasteiger charge is -2.07. The maximum absolute atomic E-state index is 4.91. The largest absolute Gasteiger partial charge is 0.290 e. The van der Waals surface area contributed by atoms with Crippen LogP contribution >= 0.6 is 0 Å². The molecule has 336 valence electrons. The van der Waals surface area contributed by atoms with Gasteiger partial charge >= 0.3 is 0 Å². The molecule has 0 spiro atoms. The van der Waals surface area contributed by atoms with Crippen LogP contribution in [0.15, 0.2) is 133 Å². The third kappa shape index (κ3) is 15.6. The first-order valence-electron chi connectivity index (χ1n) is 22.9. The van der Waals surface area contributed by atoms with Gasteiger partial charge in [0.05, 0.1) is 75.5 Å². The Hall–Kier alpha value is -7.08. The van der Waals surface area contributed by atoms with Crippen molar-refractivity contribution >= 4 is 74.6 Å². The Morgan fingerprint density at radius 2 is 0.333 bits per heavy atom. The van der Waals surface area contributed by atoms with Gasteiger partial charge in [-0.15, -0.1) is 0 Å². The van der Waals surface area contributed by atoms with E-state index in [0.717, 1.165) is 66.8 Å². The Kier molecular flexibility index (Phi) is 16.9. The standard InChI is InChI=1S/C54H60N12/c1-37-19-55-25-43-7-44-9-45(8-43)27-57-21-40(4)64-34-52-16-53-18-54(17-52)36-66-42(6)24-60-30-48-13-50(32-62-38(2)20-56-26-44)15-51(14-48)33-63-39(3)22-58-28-46-10-47(12-49(11-46)31-61-37)29-59-23-41(5)65-35-53/h7-18,25-42H,19-24H2,1-6H3. The van der Waals surface area contributed by atoms with Crippen molar-refractivity contribution in [2.45, 2.75) is 77.8 Å². The molecule has 12 bridgehead atoms. The number of nitrogens with zero attached hydrogens (tertiary/aromatic N) is 12. The zero-order valence-corrected chi connectivity index (χ0v) is 38.9. The molecule has 4 heterocycles. The van der Waals surface area contributed by atoms with E-state index in [9.17, 15) is 0 Å². The minimum absolute atomic E-state index is 0.0591. The molecular weight excluding hydrogens is 817 g/mol. The van der Waals surface area contributed by atoms with E-state index in [1.165, 1.54) is 0 Å². The highest BCUT2D eigenvalue weighted by atomic mass is 14.9. The van der Waals surface area contributed by atoms with Crippen LogP contribution in [0.25, 0.3) is 0 Å². The van der Waals surface area contributed by atoms with Gasteiger partial charge in [-0.1, -0.05) is 0 Å². The number of hydrogen-bond donors (Lipinski definition) is 0. The van der Waals surface area contributed by atoms with E-state index in [1.807, 2.05) is 74.6 Å². The lowest BCUT2D eigenvalue weighted by atomic mass is 10.1. The predicted octanol–water partition coefficient (Wildman–Crippen LogP) is 8.19. The molecule has 0 aliphatic carbocycles. The van der Waals surface area contributed by atoms with Crippen molar-refractivity contribution in [3.8, 4) is 0 Å². The Labute approximate surface area is 389 Å². The molecule has 0 radical (unpaired) electrons. The zero-order chi connectivity index (χ0) is 46.1. The van der Waals surface area contributed by atoms with Crippen LogP contribution in [-0.4, -0.2) is 150 Å². The Bertz CT molecular complexity index is 2680. The molecule has 66 heavy (non-hydrogen) atoms. The van der Waals surface area contributed by atoms with Crippen molar-refractivity contribution in [1.29, 1.82) is 0 Å². The summed E-state index contributed by atoms with van der Waals surface area (Å²) in [6, 6.07) is 24.7. The van der Waals surface area contributed by atoms with Crippen molar-refractivity contribution in [3.05, 3.63) is 140 Å². The predicted molar refractivity (Wildman–Crippen MR) is 283 cm³/mol. The van der Waals surface area contributed by atoms with Crippen LogP contribution in [0.3, 0.4) is 0 Å². The van der Waals surface area contributed by atoms with Crippen LogP contribution in [-0.2, 0) is 0 Å². The molecule has 12 nitrogen and oxygen atoms in total. The molecule has 0 saturated carbocycles. The first-order chi connectivity index (χ1) is 32.1.